The maximum atomic E-state index is 11.9. The minimum Gasteiger partial charge on any atom is -0.317 e. The van der Waals surface area contributed by atoms with Gasteiger partial charge in [-0.25, -0.2) is 0 Å². The number of alkyl halides is 3. The summed E-state index contributed by atoms with van der Waals surface area (Å²) in [5, 5.41) is 2.89. The Bertz CT molecular complexity index is 270. The van der Waals surface area contributed by atoms with Gasteiger partial charge in [0.2, 0.25) is 0 Å². The van der Waals surface area contributed by atoms with Crippen molar-refractivity contribution in [1.82, 2.24) is 5.32 Å². The van der Waals surface area contributed by atoms with Gasteiger partial charge in [0.15, 0.2) is 0 Å². The third-order valence-corrected chi connectivity index (χ3v) is 2.68. The molecule has 0 bridgehead atoms. The fourth-order valence-corrected chi connectivity index (χ4v) is 1.67. The molecule has 1 aliphatic carbocycles. The standard InChI is InChI=1S/C7H8.C6H10F3N.C2H6/c1-2-4-6-7-5-3-1;7-6(8,9)5-1-3-10-4-2-5;1-2/h1-6H,7H2;5,10H,1-4H2;1-2H3. The van der Waals surface area contributed by atoms with Crippen LogP contribution in [0.2, 0.25) is 0 Å². The van der Waals surface area contributed by atoms with Crippen molar-refractivity contribution in [2.24, 2.45) is 5.92 Å². The Balaban J connectivity index is 0.000000316. The van der Waals surface area contributed by atoms with Crippen molar-refractivity contribution in [3.8, 4) is 0 Å². The van der Waals surface area contributed by atoms with E-state index >= 15 is 0 Å². The van der Waals surface area contributed by atoms with E-state index in [9.17, 15) is 13.2 Å². The Morgan fingerprint density at radius 1 is 0.895 bits per heavy atom. The number of piperidine rings is 1. The van der Waals surface area contributed by atoms with Crippen LogP contribution in [0.5, 0.6) is 0 Å². The van der Waals surface area contributed by atoms with Crippen LogP contribution in [0.1, 0.15) is 33.1 Å². The number of hydrogen-bond acceptors (Lipinski definition) is 1. The molecule has 0 amide bonds. The van der Waals surface area contributed by atoms with Gasteiger partial charge < -0.3 is 5.32 Å². The van der Waals surface area contributed by atoms with Crippen LogP contribution in [0.15, 0.2) is 36.5 Å². The minimum atomic E-state index is -3.97. The number of rotatable bonds is 0. The summed E-state index contributed by atoms with van der Waals surface area (Å²) in [6.07, 6.45) is 10.0. The van der Waals surface area contributed by atoms with Gasteiger partial charge in [0, 0.05) is 0 Å². The lowest BCUT2D eigenvalue weighted by atomic mass is 9.98. The largest absolute Gasteiger partial charge is 0.391 e. The predicted molar refractivity (Wildman–Crippen MR) is 75.0 cm³/mol. The van der Waals surface area contributed by atoms with Crippen LogP contribution in [0.3, 0.4) is 0 Å². The first-order chi connectivity index (χ1) is 9.11. The topological polar surface area (TPSA) is 12.0 Å². The van der Waals surface area contributed by atoms with Crippen molar-refractivity contribution in [2.75, 3.05) is 13.1 Å². The zero-order valence-electron chi connectivity index (χ0n) is 11.7. The van der Waals surface area contributed by atoms with Gasteiger partial charge in [-0.2, -0.15) is 13.2 Å². The highest BCUT2D eigenvalue weighted by molar-refractivity contribution is 5.16. The highest BCUT2D eigenvalue weighted by Gasteiger charge is 2.39. The summed E-state index contributed by atoms with van der Waals surface area (Å²) in [7, 11) is 0. The molecule has 0 radical (unpaired) electrons. The summed E-state index contributed by atoms with van der Waals surface area (Å²) < 4.78 is 35.7. The molecule has 2 aliphatic rings. The molecular formula is C15H24F3N. The highest BCUT2D eigenvalue weighted by atomic mass is 19.4. The first-order valence-corrected chi connectivity index (χ1v) is 6.86. The van der Waals surface area contributed by atoms with Gasteiger partial charge in [0.05, 0.1) is 5.92 Å². The van der Waals surface area contributed by atoms with E-state index in [1.807, 2.05) is 26.0 Å². The van der Waals surface area contributed by atoms with Gasteiger partial charge in [0.1, 0.15) is 0 Å². The number of nitrogens with one attached hydrogen (secondary N) is 1. The number of allylic oxidation sites excluding steroid dienone is 6. The van der Waals surface area contributed by atoms with Gasteiger partial charge >= 0.3 is 6.18 Å². The van der Waals surface area contributed by atoms with Crippen LogP contribution < -0.4 is 5.32 Å². The Hall–Kier alpha value is -1.03. The second-order valence-electron chi connectivity index (χ2n) is 4.04. The van der Waals surface area contributed by atoms with E-state index in [4.69, 9.17) is 0 Å². The first kappa shape index (κ1) is 18.0. The van der Waals surface area contributed by atoms with E-state index in [-0.39, 0.29) is 12.8 Å². The molecule has 1 nitrogen and oxygen atoms in total. The maximum absolute atomic E-state index is 11.9. The molecule has 0 unspecified atom stereocenters. The molecule has 1 fully saturated rings. The van der Waals surface area contributed by atoms with Crippen molar-refractivity contribution < 1.29 is 13.2 Å². The molecule has 0 aromatic rings. The Morgan fingerprint density at radius 2 is 1.37 bits per heavy atom. The smallest absolute Gasteiger partial charge is 0.317 e. The molecule has 2 rings (SSSR count). The zero-order valence-corrected chi connectivity index (χ0v) is 11.7. The zero-order chi connectivity index (χ0) is 14.6. The van der Waals surface area contributed by atoms with Gasteiger partial charge in [-0.1, -0.05) is 50.3 Å². The van der Waals surface area contributed by atoms with E-state index in [0.717, 1.165) is 6.42 Å². The third kappa shape index (κ3) is 9.54. The lowest BCUT2D eigenvalue weighted by Crippen LogP contribution is -2.35. The molecule has 0 aromatic heterocycles. The molecule has 0 aromatic carbocycles. The van der Waals surface area contributed by atoms with Gasteiger partial charge in [0.25, 0.3) is 0 Å². The van der Waals surface area contributed by atoms with Crippen molar-refractivity contribution in [3.63, 3.8) is 0 Å². The van der Waals surface area contributed by atoms with E-state index in [2.05, 4.69) is 29.6 Å². The van der Waals surface area contributed by atoms with E-state index < -0.39 is 12.1 Å². The molecule has 1 saturated heterocycles. The summed E-state index contributed by atoms with van der Waals surface area (Å²) in [4.78, 5) is 0. The quantitative estimate of drug-likeness (QED) is 0.679. The molecule has 1 aliphatic heterocycles. The van der Waals surface area contributed by atoms with Crippen LogP contribution in [0.25, 0.3) is 0 Å². The van der Waals surface area contributed by atoms with Crippen LogP contribution in [-0.4, -0.2) is 19.3 Å². The summed E-state index contributed by atoms with van der Waals surface area (Å²) in [6.45, 7) is 5.01. The van der Waals surface area contributed by atoms with Gasteiger partial charge in [-0.3, -0.25) is 0 Å². The Kier molecular flexibility index (Phi) is 10.3. The van der Waals surface area contributed by atoms with Crippen molar-refractivity contribution >= 4 is 0 Å². The van der Waals surface area contributed by atoms with Crippen LogP contribution in [0.4, 0.5) is 13.2 Å². The molecule has 0 spiro atoms. The SMILES string of the molecule is C1=CC=CCC=C1.CC.FC(F)(F)C1CCNCC1. The molecule has 4 heteroatoms. The van der Waals surface area contributed by atoms with E-state index in [1.54, 1.807) is 0 Å². The molecule has 110 valence electrons. The normalized spacial score (nSPS) is 18.8. The molecule has 0 atom stereocenters. The summed E-state index contributed by atoms with van der Waals surface area (Å²) in [6, 6.07) is 0. The van der Waals surface area contributed by atoms with Crippen molar-refractivity contribution in [1.29, 1.82) is 0 Å². The predicted octanol–water partition coefficient (Wildman–Crippen LogP) is 4.63. The fraction of sp³-hybridized carbons (Fsp3) is 0.600. The third-order valence-electron chi connectivity index (χ3n) is 2.68. The Morgan fingerprint density at radius 3 is 1.74 bits per heavy atom. The lowest BCUT2D eigenvalue weighted by Gasteiger charge is -2.24. The summed E-state index contributed by atoms with van der Waals surface area (Å²) in [5.41, 5.74) is 0. The molecule has 1 N–H and O–H groups in total. The fourth-order valence-electron chi connectivity index (χ4n) is 1.67. The molecule has 0 saturated carbocycles. The average Bonchev–Trinajstić information content (AvgIpc) is 2.74. The monoisotopic (exact) mass is 275 g/mol. The van der Waals surface area contributed by atoms with Crippen LogP contribution in [0, 0.1) is 5.92 Å². The summed E-state index contributed by atoms with van der Waals surface area (Å²) >= 11 is 0. The van der Waals surface area contributed by atoms with Crippen LogP contribution in [-0.2, 0) is 0 Å². The van der Waals surface area contributed by atoms with E-state index in [0.29, 0.717) is 13.1 Å². The average molecular weight is 275 g/mol. The van der Waals surface area contributed by atoms with Crippen LogP contribution >= 0.6 is 0 Å². The first-order valence-electron chi connectivity index (χ1n) is 6.86. The lowest BCUT2D eigenvalue weighted by molar-refractivity contribution is -0.180. The minimum absolute atomic E-state index is 0.240. The van der Waals surface area contributed by atoms with Crippen molar-refractivity contribution in [3.05, 3.63) is 36.5 Å². The van der Waals surface area contributed by atoms with Crippen molar-refractivity contribution in [2.45, 2.75) is 39.3 Å². The van der Waals surface area contributed by atoms with Gasteiger partial charge in [-0.05, 0) is 32.4 Å². The second-order valence-corrected chi connectivity index (χ2v) is 4.04. The number of halogens is 3. The van der Waals surface area contributed by atoms with E-state index in [1.165, 1.54) is 0 Å². The Labute approximate surface area is 114 Å². The van der Waals surface area contributed by atoms with Gasteiger partial charge in [-0.15, -0.1) is 0 Å². The highest BCUT2D eigenvalue weighted by Crippen LogP contribution is 2.31. The summed E-state index contributed by atoms with van der Waals surface area (Å²) in [5.74, 6) is -1.06. The molecular weight excluding hydrogens is 251 g/mol. The maximum Gasteiger partial charge on any atom is 0.391 e. The molecule has 19 heavy (non-hydrogen) atoms. The molecule has 1 heterocycles. The second kappa shape index (κ2) is 10.9. The number of hydrogen-bond donors (Lipinski definition) is 1.